The average Bonchev–Trinajstić information content (AvgIpc) is 2.74. The van der Waals surface area contributed by atoms with Crippen molar-refractivity contribution in [3.05, 3.63) is 30.3 Å². The number of hydrogen-bond donors (Lipinski definition) is 2. The van der Waals surface area contributed by atoms with Gasteiger partial charge in [0.05, 0.1) is 5.92 Å². The fourth-order valence-corrected chi connectivity index (χ4v) is 3.71. The number of rotatable bonds is 6. The number of carbonyl (C=O) groups is 2. The standard InChI is InChI=1S/C17H23NO3S/c19-16(11-12-22-13-7-3-1-4-8-13)18-15-10-6-2-5-9-14(15)17(20)21/h1,3-4,7-8,14-15H,2,5-6,9-12H2,(H,18,19)(H,20,21)/t14-,15+/m1/s1. The second-order valence-electron chi connectivity index (χ2n) is 5.67. The monoisotopic (exact) mass is 321 g/mol. The molecular weight excluding hydrogens is 298 g/mol. The Balaban J connectivity index is 1.78. The van der Waals surface area contributed by atoms with Crippen LogP contribution in [-0.4, -0.2) is 28.8 Å². The third-order valence-electron chi connectivity index (χ3n) is 4.02. The lowest BCUT2D eigenvalue weighted by atomic mass is 9.95. The summed E-state index contributed by atoms with van der Waals surface area (Å²) in [5, 5.41) is 12.3. The van der Waals surface area contributed by atoms with Crippen molar-refractivity contribution in [1.82, 2.24) is 5.32 Å². The van der Waals surface area contributed by atoms with E-state index >= 15 is 0 Å². The van der Waals surface area contributed by atoms with Crippen molar-refractivity contribution in [2.24, 2.45) is 5.92 Å². The highest BCUT2D eigenvalue weighted by Crippen LogP contribution is 2.24. The summed E-state index contributed by atoms with van der Waals surface area (Å²) in [4.78, 5) is 24.6. The summed E-state index contributed by atoms with van der Waals surface area (Å²) in [7, 11) is 0. The van der Waals surface area contributed by atoms with Gasteiger partial charge in [0.2, 0.25) is 5.91 Å². The summed E-state index contributed by atoms with van der Waals surface area (Å²) in [6.45, 7) is 0. The molecule has 1 aromatic rings. The fourth-order valence-electron chi connectivity index (χ4n) is 2.83. The Morgan fingerprint density at radius 3 is 2.59 bits per heavy atom. The van der Waals surface area contributed by atoms with E-state index in [0.29, 0.717) is 18.6 Å². The molecule has 1 amide bonds. The molecule has 5 heteroatoms. The van der Waals surface area contributed by atoms with Crippen LogP contribution < -0.4 is 5.32 Å². The third kappa shape index (κ3) is 5.37. The molecule has 0 unspecified atom stereocenters. The van der Waals surface area contributed by atoms with E-state index in [1.807, 2.05) is 30.3 Å². The molecule has 1 saturated carbocycles. The molecule has 0 bridgehead atoms. The Morgan fingerprint density at radius 1 is 1.14 bits per heavy atom. The average molecular weight is 321 g/mol. The van der Waals surface area contributed by atoms with E-state index in [0.717, 1.165) is 30.6 Å². The smallest absolute Gasteiger partial charge is 0.308 e. The summed E-state index contributed by atoms with van der Waals surface area (Å²) in [6.07, 6.45) is 4.84. The number of hydrogen-bond acceptors (Lipinski definition) is 3. The summed E-state index contributed by atoms with van der Waals surface area (Å²) >= 11 is 1.64. The number of carbonyl (C=O) groups excluding carboxylic acids is 1. The van der Waals surface area contributed by atoms with Crippen molar-refractivity contribution >= 4 is 23.6 Å². The molecule has 1 fully saturated rings. The summed E-state index contributed by atoms with van der Waals surface area (Å²) in [5.41, 5.74) is 0. The minimum Gasteiger partial charge on any atom is -0.481 e. The van der Waals surface area contributed by atoms with E-state index in [1.54, 1.807) is 11.8 Å². The molecule has 0 heterocycles. The summed E-state index contributed by atoms with van der Waals surface area (Å²) in [6, 6.07) is 9.75. The van der Waals surface area contributed by atoms with E-state index < -0.39 is 11.9 Å². The zero-order valence-corrected chi connectivity index (χ0v) is 13.5. The second-order valence-corrected chi connectivity index (χ2v) is 6.84. The summed E-state index contributed by atoms with van der Waals surface area (Å²) < 4.78 is 0. The van der Waals surface area contributed by atoms with E-state index in [4.69, 9.17) is 0 Å². The van der Waals surface area contributed by atoms with Crippen LogP contribution in [0.1, 0.15) is 38.5 Å². The second kappa shape index (κ2) is 8.83. The van der Waals surface area contributed by atoms with Crippen LogP contribution in [-0.2, 0) is 9.59 Å². The lowest BCUT2D eigenvalue weighted by Gasteiger charge is -2.22. The topological polar surface area (TPSA) is 66.4 Å². The molecule has 1 aliphatic carbocycles. The zero-order valence-electron chi connectivity index (χ0n) is 12.7. The van der Waals surface area contributed by atoms with Crippen LogP contribution in [0.5, 0.6) is 0 Å². The van der Waals surface area contributed by atoms with Gasteiger partial charge in [0.1, 0.15) is 0 Å². The van der Waals surface area contributed by atoms with Crippen LogP contribution in [0.25, 0.3) is 0 Å². The van der Waals surface area contributed by atoms with Crippen LogP contribution in [0.15, 0.2) is 35.2 Å². The molecule has 2 N–H and O–H groups in total. The van der Waals surface area contributed by atoms with Gasteiger partial charge in [-0.05, 0) is 25.0 Å². The van der Waals surface area contributed by atoms with Crippen molar-refractivity contribution < 1.29 is 14.7 Å². The molecule has 120 valence electrons. The minimum absolute atomic E-state index is 0.0402. The van der Waals surface area contributed by atoms with E-state index in [9.17, 15) is 14.7 Å². The van der Waals surface area contributed by atoms with Gasteiger partial charge < -0.3 is 10.4 Å². The molecular formula is C17H23NO3S. The molecule has 1 aromatic carbocycles. The largest absolute Gasteiger partial charge is 0.481 e. The van der Waals surface area contributed by atoms with Gasteiger partial charge in [0.25, 0.3) is 0 Å². The molecule has 0 radical (unpaired) electrons. The fraction of sp³-hybridized carbons (Fsp3) is 0.529. The number of aliphatic carboxylic acids is 1. The Hall–Kier alpha value is -1.49. The van der Waals surface area contributed by atoms with Crippen molar-refractivity contribution in [2.75, 3.05) is 5.75 Å². The van der Waals surface area contributed by atoms with Crippen LogP contribution in [0.2, 0.25) is 0 Å². The lowest BCUT2D eigenvalue weighted by Crippen LogP contribution is -2.42. The maximum absolute atomic E-state index is 12.1. The number of thioether (sulfide) groups is 1. The van der Waals surface area contributed by atoms with Crippen molar-refractivity contribution in [3.63, 3.8) is 0 Å². The zero-order chi connectivity index (χ0) is 15.8. The quantitative estimate of drug-likeness (QED) is 0.623. The van der Waals surface area contributed by atoms with Gasteiger partial charge in [-0.2, -0.15) is 0 Å². The summed E-state index contributed by atoms with van der Waals surface area (Å²) in [5.74, 6) is -0.555. The van der Waals surface area contributed by atoms with Gasteiger partial charge in [-0.1, -0.05) is 37.5 Å². The predicted octanol–water partition coefficient (Wildman–Crippen LogP) is 3.32. The highest BCUT2D eigenvalue weighted by molar-refractivity contribution is 7.99. The maximum atomic E-state index is 12.1. The molecule has 2 rings (SSSR count). The van der Waals surface area contributed by atoms with Gasteiger partial charge >= 0.3 is 5.97 Å². The van der Waals surface area contributed by atoms with Gasteiger partial charge in [-0.25, -0.2) is 0 Å². The van der Waals surface area contributed by atoms with Crippen LogP contribution in [0.4, 0.5) is 0 Å². The highest BCUT2D eigenvalue weighted by Gasteiger charge is 2.30. The Morgan fingerprint density at radius 2 is 1.86 bits per heavy atom. The number of nitrogens with one attached hydrogen (secondary N) is 1. The predicted molar refractivity (Wildman–Crippen MR) is 87.9 cm³/mol. The maximum Gasteiger partial charge on any atom is 0.308 e. The number of amides is 1. The SMILES string of the molecule is O=C(CCSc1ccccc1)N[C@H]1CCCCC[C@H]1C(=O)O. The van der Waals surface area contributed by atoms with E-state index in [1.165, 1.54) is 0 Å². The van der Waals surface area contributed by atoms with E-state index in [2.05, 4.69) is 5.32 Å². The molecule has 0 aliphatic heterocycles. The Bertz CT molecular complexity index is 492. The first-order valence-corrected chi connectivity index (χ1v) is 8.85. The molecule has 0 saturated heterocycles. The van der Waals surface area contributed by atoms with Crippen molar-refractivity contribution in [2.45, 2.75) is 49.5 Å². The van der Waals surface area contributed by atoms with Gasteiger partial charge in [-0.15, -0.1) is 11.8 Å². The Kier molecular flexibility index (Phi) is 6.77. The molecule has 1 aliphatic rings. The normalized spacial score (nSPS) is 21.8. The Labute approximate surface area is 135 Å². The van der Waals surface area contributed by atoms with E-state index in [-0.39, 0.29) is 11.9 Å². The first kappa shape index (κ1) is 16.9. The number of carboxylic acids is 1. The molecule has 4 nitrogen and oxygen atoms in total. The van der Waals surface area contributed by atoms with Gasteiger partial charge in [-0.3, -0.25) is 9.59 Å². The number of benzene rings is 1. The molecule has 2 atom stereocenters. The van der Waals surface area contributed by atoms with Crippen molar-refractivity contribution in [3.8, 4) is 0 Å². The van der Waals surface area contributed by atoms with Gasteiger partial charge in [0.15, 0.2) is 0 Å². The van der Waals surface area contributed by atoms with Crippen molar-refractivity contribution in [1.29, 1.82) is 0 Å². The van der Waals surface area contributed by atoms with Crippen LogP contribution in [0.3, 0.4) is 0 Å². The molecule has 0 aromatic heterocycles. The van der Waals surface area contributed by atoms with Gasteiger partial charge in [0, 0.05) is 23.1 Å². The third-order valence-corrected chi connectivity index (χ3v) is 5.03. The molecule has 0 spiro atoms. The lowest BCUT2D eigenvalue weighted by molar-refractivity contribution is -0.143. The van der Waals surface area contributed by atoms with Crippen LogP contribution >= 0.6 is 11.8 Å². The molecule has 22 heavy (non-hydrogen) atoms. The highest BCUT2D eigenvalue weighted by atomic mass is 32.2. The first-order valence-electron chi connectivity index (χ1n) is 7.87. The minimum atomic E-state index is -0.786. The number of carboxylic acid groups (broad SMARTS) is 1. The first-order chi connectivity index (χ1) is 10.7. The van der Waals surface area contributed by atoms with Crippen LogP contribution in [0, 0.1) is 5.92 Å².